The molecule has 0 amide bonds. The minimum absolute atomic E-state index is 0.238. The van der Waals surface area contributed by atoms with Crippen LogP contribution in [0.2, 0.25) is 0 Å². The van der Waals surface area contributed by atoms with Gasteiger partial charge in [0.05, 0.1) is 30.1 Å². The van der Waals surface area contributed by atoms with Gasteiger partial charge < -0.3 is 9.72 Å². The minimum atomic E-state index is -0.250. The lowest BCUT2D eigenvalue weighted by atomic mass is 10.1. The molecule has 0 unspecified atom stereocenters. The van der Waals surface area contributed by atoms with Gasteiger partial charge >= 0.3 is 11.7 Å². The van der Waals surface area contributed by atoms with Crippen LogP contribution in [-0.4, -0.2) is 22.6 Å². The monoisotopic (exact) mass is 347 g/mol. The third-order valence-electron chi connectivity index (χ3n) is 4.10. The third kappa shape index (κ3) is 3.73. The van der Waals surface area contributed by atoms with E-state index in [4.69, 9.17) is 5.26 Å². The van der Waals surface area contributed by atoms with Crippen molar-refractivity contribution < 1.29 is 9.53 Å². The van der Waals surface area contributed by atoms with E-state index in [1.807, 2.05) is 24.3 Å². The summed E-state index contributed by atoms with van der Waals surface area (Å²) >= 11 is 0. The SMILES string of the molecule is COC(=O)CCc1ccc(-c2cn(-c3ccc(C#N)cc3)c(=O)[nH]2)cc1. The fraction of sp³-hybridized carbons (Fsp3) is 0.150. The van der Waals surface area contributed by atoms with Gasteiger partial charge in [0.25, 0.3) is 0 Å². The number of methoxy groups -OCH3 is 1. The highest BCUT2D eigenvalue weighted by atomic mass is 16.5. The van der Waals surface area contributed by atoms with Crippen molar-refractivity contribution in [2.45, 2.75) is 12.8 Å². The van der Waals surface area contributed by atoms with Crippen LogP contribution >= 0.6 is 0 Å². The summed E-state index contributed by atoms with van der Waals surface area (Å²) < 4.78 is 6.14. The predicted molar refractivity (Wildman–Crippen MR) is 96.9 cm³/mol. The second-order valence-corrected chi connectivity index (χ2v) is 5.77. The van der Waals surface area contributed by atoms with Gasteiger partial charge in [-0.15, -0.1) is 0 Å². The first-order chi connectivity index (χ1) is 12.6. The molecule has 1 aromatic heterocycles. The van der Waals surface area contributed by atoms with Crippen molar-refractivity contribution in [3.05, 3.63) is 76.3 Å². The van der Waals surface area contributed by atoms with E-state index < -0.39 is 0 Å². The molecule has 0 aliphatic heterocycles. The van der Waals surface area contributed by atoms with Crippen LogP contribution in [0.5, 0.6) is 0 Å². The average Bonchev–Trinajstić information content (AvgIpc) is 3.08. The molecule has 1 N–H and O–H groups in total. The lowest BCUT2D eigenvalue weighted by Crippen LogP contribution is -2.13. The lowest BCUT2D eigenvalue weighted by Gasteiger charge is -2.03. The quantitative estimate of drug-likeness (QED) is 0.719. The van der Waals surface area contributed by atoms with E-state index in [0.717, 1.165) is 11.1 Å². The number of H-pyrrole nitrogens is 1. The maximum atomic E-state index is 12.2. The van der Waals surface area contributed by atoms with Crippen molar-refractivity contribution in [2.75, 3.05) is 7.11 Å². The summed E-state index contributed by atoms with van der Waals surface area (Å²) in [5.74, 6) is -0.238. The number of carbonyl (C=O) groups excluding carboxylic acids is 1. The third-order valence-corrected chi connectivity index (χ3v) is 4.10. The summed E-state index contributed by atoms with van der Waals surface area (Å²) in [4.78, 5) is 26.3. The molecule has 0 saturated carbocycles. The molecule has 0 saturated heterocycles. The van der Waals surface area contributed by atoms with E-state index in [1.54, 1.807) is 30.5 Å². The van der Waals surface area contributed by atoms with Crippen LogP contribution in [0.1, 0.15) is 17.5 Å². The van der Waals surface area contributed by atoms with Crippen LogP contribution in [0, 0.1) is 11.3 Å². The smallest absolute Gasteiger partial charge is 0.330 e. The summed E-state index contributed by atoms with van der Waals surface area (Å²) in [5, 5.41) is 8.86. The number of nitrogens with one attached hydrogen (secondary N) is 1. The number of aryl methyl sites for hydroxylation is 1. The minimum Gasteiger partial charge on any atom is -0.469 e. The van der Waals surface area contributed by atoms with E-state index in [1.165, 1.54) is 11.7 Å². The molecule has 26 heavy (non-hydrogen) atoms. The Hall–Kier alpha value is -3.59. The predicted octanol–water partition coefficient (Wildman–Crippen LogP) is 2.81. The second-order valence-electron chi connectivity index (χ2n) is 5.77. The summed E-state index contributed by atoms with van der Waals surface area (Å²) in [7, 11) is 1.38. The number of aromatic amines is 1. The maximum absolute atomic E-state index is 12.2. The molecule has 3 rings (SSSR count). The molecule has 0 radical (unpaired) electrons. The second kappa shape index (κ2) is 7.53. The first kappa shape index (κ1) is 17.2. The van der Waals surface area contributed by atoms with Gasteiger partial charge in [-0.2, -0.15) is 5.26 Å². The molecule has 0 fully saturated rings. The average molecular weight is 347 g/mol. The van der Waals surface area contributed by atoms with E-state index in [-0.39, 0.29) is 11.7 Å². The zero-order chi connectivity index (χ0) is 18.5. The van der Waals surface area contributed by atoms with Crippen LogP contribution in [0.15, 0.2) is 59.5 Å². The van der Waals surface area contributed by atoms with E-state index in [0.29, 0.717) is 29.8 Å². The molecule has 0 aliphatic rings. The highest BCUT2D eigenvalue weighted by Crippen LogP contribution is 2.19. The maximum Gasteiger partial charge on any atom is 0.330 e. The molecule has 0 aliphatic carbocycles. The molecule has 3 aromatic rings. The van der Waals surface area contributed by atoms with Crippen molar-refractivity contribution in [1.29, 1.82) is 5.26 Å². The van der Waals surface area contributed by atoms with Gasteiger partial charge in [-0.25, -0.2) is 4.79 Å². The number of esters is 1. The molecule has 130 valence electrons. The van der Waals surface area contributed by atoms with Crippen LogP contribution in [0.25, 0.3) is 16.9 Å². The fourth-order valence-corrected chi connectivity index (χ4v) is 2.63. The number of carbonyl (C=O) groups is 1. The normalized spacial score (nSPS) is 10.3. The summed E-state index contributed by atoms with van der Waals surface area (Å²) in [6.07, 6.45) is 2.67. The van der Waals surface area contributed by atoms with Gasteiger partial charge in [0.2, 0.25) is 0 Å². The number of benzene rings is 2. The summed E-state index contributed by atoms with van der Waals surface area (Å²) in [6.45, 7) is 0. The van der Waals surface area contributed by atoms with E-state index >= 15 is 0 Å². The number of imidazole rings is 1. The van der Waals surface area contributed by atoms with Gasteiger partial charge in [-0.1, -0.05) is 24.3 Å². The van der Waals surface area contributed by atoms with E-state index in [9.17, 15) is 9.59 Å². The van der Waals surface area contributed by atoms with Crippen LogP contribution in [-0.2, 0) is 16.0 Å². The zero-order valence-corrected chi connectivity index (χ0v) is 14.2. The van der Waals surface area contributed by atoms with Gasteiger partial charge in [0, 0.05) is 12.6 Å². The van der Waals surface area contributed by atoms with Crippen molar-refractivity contribution in [2.24, 2.45) is 0 Å². The fourth-order valence-electron chi connectivity index (χ4n) is 2.63. The molecule has 6 nitrogen and oxygen atoms in total. The van der Waals surface area contributed by atoms with Gasteiger partial charge in [0.1, 0.15) is 0 Å². The Morgan fingerprint density at radius 1 is 1.15 bits per heavy atom. The van der Waals surface area contributed by atoms with Crippen LogP contribution < -0.4 is 5.69 Å². The Kier molecular flexibility index (Phi) is 4.99. The highest BCUT2D eigenvalue weighted by Gasteiger charge is 2.08. The summed E-state index contributed by atoms with van der Waals surface area (Å²) in [6, 6.07) is 16.5. The van der Waals surface area contributed by atoms with Gasteiger partial charge in [-0.05, 0) is 41.8 Å². The Labute approximate surface area is 150 Å². The van der Waals surface area contributed by atoms with Crippen molar-refractivity contribution in [3.63, 3.8) is 0 Å². The van der Waals surface area contributed by atoms with E-state index in [2.05, 4.69) is 15.8 Å². The van der Waals surface area contributed by atoms with Crippen LogP contribution in [0.3, 0.4) is 0 Å². The Bertz CT molecular complexity index is 1010. The number of nitriles is 1. The van der Waals surface area contributed by atoms with Crippen molar-refractivity contribution in [1.82, 2.24) is 9.55 Å². The zero-order valence-electron chi connectivity index (χ0n) is 14.2. The summed E-state index contributed by atoms with van der Waals surface area (Å²) in [5.41, 5.74) is 3.56. The Balaban J connectivity index is 1.81. The Morgan fingerprint density at radius 3 is 2.46 bits per heavy atom. The molecule has 0 spiro atoms. The topological polar surface area (TPSA) is 87.9 Å². The highest BCUT2D eigenvalue weighted by molar-refractivity contribution is 5.69. The molecule has 0 bridgehead atoms. The number of ether oxygens (including phenoxy) is 1. The number of rotatable bonds is 5. The molecule has 2 aromatic carbocycles. The number of aromatic nitrogens is 2. The molecule has 6 heteroatoms. The van der Waals surface area contributed by atoms with Crippen molar-refractivity contribution in [3.8, 4) is 23.0 Å². The first-order valence-electron chi connectivity index (χ1n) is 8.09. The Morgan fingerprint density at radius 2 is 1.85 bits per heavy atom. The molecule has 1 heterocycles. The van der Waals surface area contributed by atoms with Gasteiger partial charge in [0.15, 0.2) is 0 Å². The van der Waals surface area contributed by atoms with Crippen molar-refractivity contribution >= 4 is 5.97 Å². The number of nitrogens with zero attached hydrogens (tertiary/aromatic N) is 2. The number of hydrogen-bond acceptors (Lipinski definition) is 4. The molecular weight excluding hydrogens is 330 g/mol. The molecule has 0 atom stereocenters. The lowest BCUT2D eigenvalue weighted by molar-refractivity contribution is -0.140. The van der Waals surface area contributed by atoms with Crippen LogP contribution in [0.4, 0.5) is 0 Å². The number of hydrogen-bond donors (Lipinski definition) is 1. The first-order valence-corrected chi connectivity index (χ1v) is 8.09. The largest absolute Gasteiger partial charge is 0.469 e. The standard InChI is InChI=1S/C20H17N3O3/c1-26-19(24)11-6-14-2-7-16(8-3-14)18-13-23(20(25)22-18)17-9-4-15(12-21)5-10-17/h2-5,7-10,13H,6,11H2,1H3,(H,22,25). The van der Waals surface area contributed by atoms with Gasteiger partial charge in [-0.3, -0.25) is 9.36 Å². The molecular formula is C20H17N3O3.